The average Bonchev–Trinajstić information content (AvgIpc) is 2.25. The second-order valence-electron chi connectivity index (χ2n) is 3.52. The Morgan fingerprint density at radius 3 is 2.56 bits per heavy atom. The summed E-state index contributed by atoms with van der Waals surface area (Å²) in [5, 5.41) is 10.0. The molecule has 1 aromatic heterocycles. The van der Waals surface area contributed by atoms with Crippen LogP contribution in [0.25, 0.3) is 0 Å². The van der Waals surface area contributed by atoms with Crippen molar-refractivity contribution in [3.8, 4) is 0 Å². The van der Waals surface area contributed by atoms with Crippen molar-refractivity contribution in [3.63, 3.8) is 0 Å². The van der Waals surface area contributed by atoms with Gasteiger partial charge in [-0.1, -0.05) is 40.9 Å². The highest BCUT2D eigenvalue weighted by atomic mass is 35.6. The maximum Gasteiger partial charge on any atom is 0.407 e. The van der Waals surface area contributed by atoms with Crippen LogP contribution in [-0.2, 0) is 11.2 Å². The standard InChI is InChI=1S/C10H11Cl3N2O3/c11-10(12,13)9(17,18-8(14)16)5-4-7-3-1-2-6-15-7/h1-3,6,17H,4-5H2,(H2,14,16). The molecule has 0 saturated carbocycles. The number of nitrogens with two attached hydrogens (primary N) is 1. The van der Waals surface area contributed by atoms with E-state index in [0.29, 0.717) is 5.69 Å². The summed E-state index contributed by atoms with van der Waals surface area (Å²) in [6.45, 7) is 0. The van der Waals surface area contributed by atoms with Gasteiger partial charge < -0.3 is 15.6 Å². The van der Waals surface area contributed by atoms with Crippen molar-refractivity contribution in [2.45, 2.75) is 22.4 Å². The zero-order valence-corrected chi connectivity index (χ0v) is 11.4. The van der Waals surface area contributed by atoms with Gasteiger partial charge in [-0.05, 0) is 18.6 Å². The summed E-state index contributed by atoms with van der Waals surface area (Å²) < 4.78 is 2.28. The number of ether oxygens (including phenoxy) is 1. The topological polar surface area (TPSA) is 85.4 Å². The highest BCUT2D eigenvalue weighted by molar-refractivity contribution is 6.68. The van der Waals surface area contributed by atoms with E-state index in [9.17, 15) is 9.90 Å². The SMILES string of the molecule is NC(=O)OC(O)(CCc1ccccn1)C(Cl)(Cl)Cl. The highest BCUT2D eigenvalue weighted by Crippen LogP contribution is 2.41. The van der Waals surface area contributed by atoms with E-state index >= 15 is 0 Å². The lowest BCUT2D eigenvalue weighted by Crippen LogP contribution is -2.48. The lowest BCUT2D eigenvalue weighted by atomic mass is 10.1. The Hall–Kier alpha value is -0.750. The molecule has 8 heteroatoms. The molecule has 1 heterocycles. The molecule has 0 fully saturated rings. The van der Waals surface area contributed by atoms with Gasteiger partial charge in [0, 0.05) is 18.3 Å². The number of alkyl halides is 3. The van der Waals surface area contributed by atoms with Crippen molar-refractivity contribution < 1.29 is 14.6 Å². The van der Waals surface area contributed by atoms with E-state index in [4.69, 9.17) is 40.5 Å². The summed E-state index contributed by atoms with van der Waals surface area (Å²) in [4.78, 5) is 14.8. The molecule has 0 bridgehead atoms. The number of aliphatic hydroxyl groups is 1. The molecule has 0 aliphatic rings. The van der Waals surface area contributed by atoms with E-state index < -0.39 is 15.7 Å². The van der Waals surface area contributed by atoms with Crippen LogP contribution in [0, 0.1) is 0 Å². The number of aryl methyl sites for hydroxylation is 1. The van der Waals surface area contributed by atoms with E-state index in [1.807, 2.05) is 0 Å². The molecule has 1 atom stereocenters. The predicted molar refractivity (Wildman–Crippen MR) is 68.5 cm³/mol. The van der Waals surface area contributed by atoms with Crippen LogP contribution in [0.15, 0.2) is 24.4 Å². The maximum absolute atomic E-state index is 10.7. The van der Waals surface area contributed by atoms with Gasteiger partial charge >= 0.3 is 6.09 Å². The van der Waals surface area contributed by atoms with Gasteiger partial charge in [0.25, 0.3) is 9.58 Å². The molecule has 1 unspecified atom stereocenters. The largest absolute Gasteiger partial charge is 0.412 e. The third-order valence-corrected chi connectivity index (χ3v) is 3.04. The van der Waals surface area contributed by atoms with Gasteiger partial charge in [-0.2, -0.15) is 0 Å². The summed E-state index contributed by atoms with van der Waals surface area (Å²) in [7, 11) is 0. The molecule has 0 aliphatic carbocycles. The number of aromatic nitrogens is 1. The lowest BCUT2D eigenvalue weighted by Gasteiger charge is -2.32. The van der Waals surface area contributed by atoms with Crippen molar-refractivity contribution in [1.82, 2.24) is 4.98 Å². The molecule has 1 aromatic rings. The molecular formula is C10H11Cl3N2O3. The van der Waals surface area contributed by atoms with Gasteiger partial charge in [0.1, 0.15) is 0 Å². The smallest absolute Gasteiger partial charge is 0.407 e. The predicted octanol–water partition coefficient (Wildman–Crippen LogP) is 2.17. The maximum atomic E-state index is 10.7. The molecule has 0 aromatic carbocycles. The van der Waals surface area contributed by atoms with Gasteiger partial charge in [0.2, 0.25) is 0 Å². The van der Waals surface area contributed by atoms with E-state index in [2.05, 4.69) is 9.72 Å². The molecule has 100 valence electrons. The molecule has 3 N–H and O–H groups in total. The first-order valence-electron chi connectivity index (χ1n) is 4.92. The van der Waals surface area contributed by atoms with E-state index in [-0.39, 0.29) is 12.8 Å². The van der Waals surface area contributed by atoms with Crippen LogP contribution in [0.3, 0.4) is 0 Å². The fraction of sp³-hybridized carbons (Fsp3) is 0.400. The summed E-state index contributed by atoms with van der Waals surface area (Å²) in [5.41, 5.74) is 5.48. The Labute approximate surface area is 119 Å². The average molecular weight is 314 g/mol. The van der Waals surface area contributed by atoms with Crippen molar-refractivity contribution in [2.24, 2.45) is 5.73 Å². The highest BCUT2D eigenvalue weighted by Gasteiger charge is 2.50. The van der Waals surface area contributed by atoms with Crippen molar-refractivity contribution in [3.05, 3.63) is 30.1 Å². The number of pyridine rings is 1. The van der Waals surface area contributed by atoms with Crippen molar-refractivity contribution in [1.29, 1.82) is 0 Å². The van der Waals surface area contributed by atoms with E-state index in [1.54, 1.807) is 24.4 Å². The van der Waals surface area contributed by atoms with Crippen molar-refractivity contribution >= 4 is 40.9 Å². The van der Waals surface area contributed by atoms with Gasteiger partial charge in [0.15, 0.2) is 0 Å². The Kier molecular flexibility index (Phi) is 5.04. The minimum absolute atomic E-state index is 0.149. The summed E-state index contributed by atoms with van der Waals surface area (Å²) in [6, 6.07) is 5.24. The minimum atomic E-state index is -2.30. The number of carbonyl (C=O) groups excluding carboxylic acids is 1. The quantitative estimate of drug-likeness (QED) is 0.659. The summed E-state index contributed by atoms with van der Waals surface area (Å²) >= 11 is 16.7. The first-order chi connectivity index (χ1) is 8.24. The zero-order chi connectivity index (χ0) is 13.8. The number of hydrogen-bond acceptors (Lipinski definition) is 4. The molecular weight excluding hydrogens is 302 g/mol. The Morgan fingerprint density at radius 1 is 1.44 bits per heavy atom. The van der Waals surface area contributed by atoms with Crippen LogP contribution in [0.1, 0.15) is 12.1 Å². The van der Waals surface area contributed by atoms with Gasteiger partial charge in [0.05, 0.1) is 0 Å². The van der Waals surface area contributed by atoms with Gasteiger partial charge in [-0.3, -0.25) is 4.98 Å². The monoisotopic (exact) mass is 312 g/mol. The van der Waals surface area contributed by atoms with Gasteiger partial charge in [-0.25, -0.2) is 4.79 Å². The van der Waals surface area contributed by atoms with Crippen LogP contribution in [0.4, 0.5) is 4.79 Å². The second-order valence-corrected chi connectivity index (χ2v) is 5.81. The number of carbonyl (C=O) groups is 1. The van der Waals surface area contributed by atoms with E-state index in [0.717, 1.165) is 0 Å². The first kappa shape index (κ1) is 15.3. The molecule has 0 spiro atoms. The number of amides is 1. The molecule has 0 aliphatic heterocycles. The Balaban J connectivity index is 2.77. The van der Waals surface area contributed by atoms with Crippen molar-refractivity contribution in [2.75, 3.05) is 0 Å². The fourth-order valence-electron chi connectivity index (χ4n) is 1.26. The van der Waals surface area contributed by atoms with Gasteiger partial charge in [-0.15, -0.1) is 0 Å². The number of rotatable bonds is 4. The first-order valence-corrected chi connectivity index (χ1v) is 6.05. The number of hydrogen-bond donors (Lipinski definition) is 2. The Bertz CT molecular complexity index is 411. The number of primary amides is 1. The summed E-state index contributed by atoms with van der Waals surface area (Å²) in [5.74, 6) is -2.30. The molecule has 5 nitrogen and oxygen atoms in total. The molecule has 0 saturated heterocycles. The number of nitrogens with zero attached hydrogens (tertiary/aromatic N) is 1. The van der Waals surface area contributed by atoms with Crippen LogP contribution in [0.2, 0.25) is 0 Å². The van der Waals surface area contributed by atoms with Crippen LogP contribution in [-0.4, -0.2) is 25.8 Å². The molecule has 1 amide bonds. The third kappa shape index (κ3) is 4.17. The van der Waals surface area contributed by atoms with Crippen LogP contribution in [0.5, 0.6) is 0 Å². The molecule has 18 heavy (non-hydrogen) atoms. The number of halogens is 3. The molecule has 0 radical (unpaired) electrons. The molecule has 1 rings (SSSR count). The Morgan fingerprint density at radius 2 is 2.11 bits per heavy atom. The summed E-state index contributed by atoms with van der Waals surface area (Å²) in [6.07, 6.45) is 0.450. The lowest BCUT2D eigenvalue weighted by molar-refractivity contribution is -0.160. The second kappa shape index (κ2) is 5.93. The van der Waals surface area contributed by atoms with Crippen LogP contribution >= 0.6 is 34.8 Å². The van der Waals surface area contributed by atoms with E-state index in [1.165, 1.54) is 0 Å². The van der Waals surface area contributed by atoms with Crippen LogP contribution < -0.4 is 5.73 Å². The normalized spacial score (nSPS) is 14.9. The third-order valence-electron chi connectivity index (χ3n) is 2.16. The fourth-order valence-corrected chi connectivity index (χ4v) is 1.66. The minimum Gasteiger partial charge on any atom is -0.412 e. The zero-order valence-electron chi connectivity index (χ0n) is 9.15.